The standard InChI is InChI=1S/C15H10N.C11H9N.Ir/c1-2-6-12(7-3-1)15-10-13-8-4-5-9-14(13)11-16-15;1-2-6-10(7-3-1)11-8-4-5-9-12-11;/h1-6,8-11H;1-6,8-9,11H;/q-1;-2;+3. The van der Waals surface area contributed by atoms with E-state index in [0.29, 0.717) is 0 Å². The van der Waals surface area contributed by atoms with Crippen LogP contribution in [0.4, 0.5) is 0 Å². The quantitative estimate of drug-likeness (QED) is 0.255. The molecule has 3 heteroatoms. The summed E-state index contributed by atoms with van der Waals surface area (Å²) in [6, 6.07) is 32.7. The number of pyridine rings is 1. The van der Waals surface area contributed by atoms with Crippen LogP contribution in [0, 0.1) is 12.1 Å². The number of rotatable bonds is 2. The Morgan fingerprint density at radius 1 is 0.793 bits per heavy atom. The first-order chi connectivity index (χ1) is 13.9. The van der Waals surface area contributed by atoms with Gasteiger partial charge in [0.2, 0.25) is 0 Å². The van der Waals surface area contributed by atoms with Crippen molar-refractivity contribution < 1.29 is 20.1 Å². The molecule has 1 aromatic heterocycles. The van der Waals surface area contributed by atoms with E-state index in [4.69, 9.17) is 0 Å². The van der Waals surface area contributed by atoms with E-state index in [1.165, 1.54) is 10.8 Å². The van der Waals surface area contributed by atoms with Crippen LogP contribution in [0.1, 0.15) is 11.6 Å². The number of nitrogens with zero attached hydrogens (tertiary/aromatic N) is 2. The van der Waals surface area contributed by atoms with Gasteiger partial charge in [0.1, 0.15) is 0 Å². The van der Waals surface area contributed by atoms with Crippen molar-refractivity contribution in [3.8, 4) is 11.3 Å². The Morgan fingerprint density at radius 2 is 1.55 bits per heavy atom. The van der Waals surface area contributed by atoms with Crippen LogP contribution in [-0.2, 0) is 20.1 Å². The van der Waals surface area contributed by atoms with Gasteiger partial charge in [-0.1, -0.05) is 54.6 Å². The Bertz CT molecular complexity index is 1090. The van der Waals surface area contributed by atoms with Gasteiger partial charge in [0.25, 0.3) is 0 Å². The number of hydrogen-bond donors (Lipinski definition) is 0. The normalized spacial score (nSPS) is 14.3. The average Bonchev–Trinajstić information content (AvgIpc) is 2.81. The van der Waals surface area contributed by atoms with E-state index in [9.17, 15) is 0 Å². The second-order valence-corrected chi connectivity index (χ2v) is 6.33. The maximum atomic E-state index is 4.45. The Hall–Kier alpha value is -3.00. The van der Waals surface area contributed by atoms with Gasteiger partial charge in [-0.15, -0.1) is 35.9 Å². The van der Waals surface area contributed by atoms with Crippen molar-refractivity contribution in [3.63, 3.8) is 0 Å². The number of hydrogen-bond acceptors (Lipinski definition) is 1. The van der Waals surface area contributed by atoms with Crippen LogP contribution in [0.15, 0.2) is 109 Å². The molecular formula is C26H19IrN2. The van der Waals surface area contributed by atoms with E-state index in [1.54, 1.807) is 0 Å². The Kier molecular flexibility index (Phi) is 7.52. The molecule has 4 aromatic rings. The summed E-state index contributed by atoms with van der Waals surface area (Å²) in [6.45, 7) is 0. The van der Waals surface area contributed by atoms with Crippen LogP contribution in [0.25, 0.3) is 27.3 Å². The van der Waals surface area contributed by atoms with E-state index in [-0.39, 0.29) is 26.1 Å². The summed E-state index contributed by atoms with van der Waals surface area (Å²) in [4.78, 5) is 4.45. The molecule has 3 aromatic carbocycles. The summed E-state index contributed by atoms with van der Waals surface area (Å²) in [7, 11) is 0. The van der Waals surface area contributed by atoms with Crippen LogP contribution in [0.5, 0.6) is 0 Å². The zero-order valence-corrected chi connectivity index (χ0v) is 18.1. The number of aromatic nitrogens is 1. The van der Waals surface area contributed by atoms with E-state index in [1.807, 2.05) is 85.2 Å². The first kappa shape index (κ1) is 20.7. The summed E-state index contributed by atoms with van der Waals surface area (Å²) < 4.78 is 0. The predicted octanol–water partition coefficient (Wildman–Crippen LogP) is 6.68. The van der Waals surface area contributed by atoms with Gasteiger partial charge < -0.3 is 10.3 Å². The van der Waals surface area contributed by atoms with Gasteiger partial charge in [-0.2, -0.15) is 42.1 Å². The minimum Gasteiger partial charge on any atom is -0.683 e. The first-order valence-corrected chi connectivity index (χ1v) is 9.22. The fraction of sp³-hybridized carbons (Fsp3) is 0.0385. The molecule has 1 atom stereocenters. The Balaban J connectivity index is 0.000000167. The van der Waals surface area contributed by atoms with Crippen molar-refractivity contribution in [2.24, 2.45) is 0 Å². The maximum absolute atomic E-state index is 4.45. The molecule has 29 heavy (non-hydrogen) atoms. The molecule has 0 fully saturated rings. The number of fused-ring (bicyclic) bond motifs is 1. The number of benzene rings is 3. The minimum atomic E-state index is 0. The van der Waals surface area contributed by atoms with Crippen LogP contribution in [0.3, 0.4) is 0 Å². The first-order valence-electron chi connectivity index (χ1n) is 9.22. The topological polar surface area (TPSA) is 27.0 Å². The summed E-state index contributed by atoms with van der Waals surface area (Å²) >= 11 is 0. The second-order valence-electron chi connectivity index (χ2n) is 6.33. The number of allylic oxidation sites excluding steroid dienone is 2. The van der Waals surface area contributed by atoms with Gasteiger partial charge in [-0.25, -0.2) is 0 Å². The van der Waals surface area contributed by atoms with Crippen molar-refractivity contribution in [1.29, 1.82) is 0 Å². The third kappa shape index (κ3) is 5.51. The van der Waals surface area contributed by atoms with Gasteiger partial charge in [-0.3, -0.25) is 0 Å². The molecule has 2 nitrogen and oxygen atoms in total. The van der Waals surface area contributed by atoms with Crippen molar-refractivity contribution in [2.75, 3.05) is 0 Å². The van der Waals surface area contributed by atoms with E-state index < -0.39 is 0 Å². The monoisotopic (exact) mass is 552 g/mol. The third-order valence-corrected chi connectivity index (χ3v) is 4.40. The van der Waals surface area contributed by atoms with E-state index in [2.05, 4.69) is 46.7 Å². The molecule has 0 N–H and O–H groups in total. The van der Waals surface area contributed by atoms with Gasteiger partial charge in [-0.05, 0) is 16.5 Å². The van der Waals surface area contributed by atoms with Crippen molar-refractivity contribution in [1.82, 2.24) is 4.98 Å². The van der Waals surface area contributed by atoms with Gasteiger partial charge in [0.15, 0.2) is 0 Å². The Labute approximate surface area is 185 Å². The molecule has 2 heterocycles. The van der Waals surface area contributed by atoms with E-state index >= 15 is 0 Å². The smallest absolute Gasteiger partial charge is 0.683 e. The minimum absolute atomic E-state index is 0. The molecule has 0 amide bonds. The Morgan fingerprint density at radius 3 is 2.24 bits per heavy atom. The van der Waals surface area contributed by atoms with Gasteiger partial charge in [0, 0.05) is 6.20 Å². The second kappa shape index (κ2) is 10.5. The molecule has 0 radical (unpaired) electrons. The predicted molar refractivity (Wildman–Crippen MR) is 116 cm³/mol. The molecule has 0 saturated carbocycles. The van der Waals surface area contributed by atoms with Crippen molar-refractivity contribution >= 4 is 10.8 Å². The maximum Gasteiger partial charge on any atom is 3.00 e. The molecule has 142 valence electrons. The molecule has 1 aliphatic rings. The zero-order valence-electron chi connectivity index (χ0n) is 15.7. The largest absolute Gasteiger partial charge is 3.00 e. The summed E-state index contributed by atoms with van der Waals surface area (Å²) in [6.07, 6.45) is 9.74. The van der Waals surface area contributed by atoms with Crippen LogP contribution < -0.4 is 0 Å². The molecule has 0 spiro atoms. The summed E-state index contributed by atoms with van der Waals surface area (Å²) in [5, 5.41) is 6.68. The molecule has 1 unspecified atom stereocenters. The molecule has 1 aliphatic heterocycles. The van der Waals surface area contributed by atoms with Crippen molar-refractivity contribution in [3.05, 3.63) is 133 Å². The van der Waals surface area contributed by atoms with Gasteiger partial charge >= 0.3 is 20.1 Å². The van der Waals surface area contributed by atoms with Crippen LogP contribution >= 0.6 is 0 Å². The molecule has 0 bridgehead atoms. The fourth-order valence-electron chi connectivity index (χ4n) is 2.97. The average molecular weight is 552 g/mol. The summed E-state index contributed by atoms with van der Waals surface area (Å²) in [5.74, 6) is 0. The third-order valence-electron chi connectivity index (χ3n) is 4.40. The van der Waals surface area contributed by atoms with Crippen LogP contribution in [-0.4, -0.2) is 4.98 Å². The molecule has 0 aliphatic carbocycles. The molecular weight excluding hydrogens is 533 g/mol. The van der Waals surface area contributed by atoms with E-state index in [0.717, 1.165) is 16.8 Å². The van der Waals surface area contributed by atoms with Crippen molar-refractivity contribution in [2.45, 2.75) is 6.04 Å². The zero-order chi connectivity index (χ0) is 19.0. The fourth-order valence-corrected chi connectivity index (χ4v) is 2.97. The SMILES string of the molecule is [Ir+3].[c-]1ccccc1-c1cc2ccccc2cn1.[c-]1ccccc1C1C=CC=C[N-]1. The van der Waals surface area contributed by atoms with Crippen LogP contribution in [0.2, 0.25) is 0 Å². The van der Waals surface area contributed by atoms with Gasteiger partial charge in [0.05, 0.1) is 0 Å². The summed E-state index contributed by atoms with van der Waals surface area (Å²) in [5.41, 5.74) is 3.13. The molecule has 0 saturated heterocycles. The molecule has 5 rings (SSSR count).